The minimum atomic E-state index is -2.02. The molecule has 0 aromatic heterocycles. The highest BCUT2D eigenvalue weighted by atomic mass is 19.2. The van der Waals surface area contributed by atoms with Gasteiger partial charge in [-0.1, -0.05) is 43.3 Å². The summed E-state index contributed by atoms with van der Waals surface area (Å²) in [6.45, 7) is 1.80. The SMILES string of the molecule is CCc1cc(B(O)O)c(F)c(F)c1-c1ccccc1. The molecule has 0 heterocycles. The van der Waals surface area contributed by atoms with E-state index in [1.54, 1.807) is 37.3 Å². The second kappa shape index (κ2) is 5.51. The van der Waals surface area contributed by atoms with Gasteiger partial charge in [0.1, 0.15) is 0 Å². The fourth-order valence-electron chi connectivity index (χ4n) is 2.08. The van der Waals surface area contributed by atoms with E-state index in [-0.39, 0.29) is 5.56 Å². The molecular weight excluding hydrogens is 249 g/mol. The molecule has 0 aliphatic heterocycles. The Hall–Kier alpha value is -1.72. The van der Waals surface area contributed by atoms with Crippen LogP contribution in [0.15, 0.2) is 36.4 Å². The fraction of sp³-hybridized carbons (Fsp3) is 0.143. The number of hydrogen-bond donors (Lipinski definition) is 2. The molecule has 0 aliphatic rings. The molecule has 2 aromatic carbocycles. The van der Waals surface area contributed by atoms with Crippen LogP contribution in [0.2, 0.25) is 0 Å². The van der Waals surface area contributed by atoms with E-state index in [2.05, 4.69) is 0 Å². The first-order chi connectivity index (χ1) is 9.06. The van der Waals surface area contributed by atoms with Gasteiger partial charge in [0.2, 0.25) is 0 Å². The van der Waals surface area contributed by atoms with E-state index in [4.69, 9.17) is 10.0 Å². The zero-order valence-corrected chi connectivity index (χ0v) is 10.4. The Morgan fingerprint density at radius 3 is 2.21 bits per heavy atom. The van der Waals surface area contributed by atoms with Gasteiger partial charge in [-0.3, -0.25) is 0 Å². The third-order valence-electron chi connectivity index (χ3n) is 3.04. The van der Waals surface area contributed by atoms with E-state index in [0.717, 1.165) is 0 Å². The van der Waals surface area contributed by atoms with Gasteiger partial charge in [0, 0.05) is 11.0 Å². The van der Waals surface area contributed by atoms with Crippen molar-refractivity contribution >= 4 is 12.6 Å². The first kappa shape index (κ1) is 13.7. The molecule has 2 rings (SSSR count). The molecule has 0 atom stereocenters. The Kier molecular flexibility index (Phi) is 3.97. The summed E-state index contributed by atoms with van der Waals surface area (Å²) in [6.07, 6.45) is 0.459. The summed E-state index contributed by atoms with van der Waals surface area (Å²) in [4.78, 5) is 0. The van der Waals surface area contributed by atoms with Crippen LogP contribution in [0, 0.1) is 11.6 Å². The van der Waals surface area contributed by atoms with Crippen molar-refractivity contribution in [2.75, 3.05) is 0 Å². The van der Waals surface area contributed by atoms with Crippen molar-refractivity contribution in [3.8, 4) is 11.1 Å². The van der Waals surface area contributed by atoms with Crippen molar-refractivity contribution < 1.29 is 18.8 Å². The average Bonchev–Trinajstić information content (AvgIpc) is 2.42. The zero-order valence-electron chi connectivity index (χ0n) is 10.4. The summed E-state index contributed by atoms with van der Waals surface area (Å²) in [6, 6.07) is 9.93. The van der Waals surface area contributed by atoms with Crippen molar-refractivity contribution in [2.45, 2.75) is 13.3 Å². The number of halogens is 2. The Balaban J connectivity index is 2.71. The van der Waals surface area contributed by atoms with Crippen LogP contribution in [0.1, 0.15) is 12.5 Å². The molecular formula is C14H13BF2O2. The number of hydrogen-bond acceptors (Lipinski definition) is 2. The van der Waals surface area contributed by atoms with Gasteiger partial charge in [-0.05, 0) is 17.5 Å². The quantitative estimate of drug-likeness (QED) is 0.829. The molecule has 0 aliphatic carbocycles. The van der Waals surface area contributed by atoms with E-state index in [1.807, 2.05) is 0 Å². The van der Waals surface area contributed by atoms with Crippen molar-refractivity contribution in [1.29, 1.82) is 0 Å². The molecule has 5 heteroatoms. The summed E-state index contributed by atoms with van der Waals surface area (Å²) in [5, 5.41) is 18.1. The van der Waals surface area contributed by atoms with Crippen LogP contribution in [0.5, 0.6) is 0 Å². The summed E-state index contributed by atoms with van der Waals surface area (Å²) < 4.78 is 28.0. The molecule has 0 radical (unpaired) electrons. The number of aryl methyl sites for hydroxylation is 1. The molecule has 2 nitrogen and oxygen atoms in total. The lowest BCUT2D eigenvalue weighted by molar-refractivity contribution is 0.420. The molecule has 0 fully saturated rings. The maximum Gasteiger partial charge on any atom is 0.491 e. The topological polar surface area (TPSA) is 40.5 Å². The molecule has 98 valence electrons. The molecule has 2 aromatic rings. The van der Waals surface area contributed by atoms with E-state index in [1.165, 1.54) is 6.07 Å². The third-order valence-corrected chi connectivity index (χ3v) is 3.04. The third kappa shape index (κ3) is 2.52. The minimum Gasteiger partial charge on any atom is -0.423 e. The number of benzene rings is 2. The van der Waals surface area contributed by atoms with Gasteiger partial charge < -0.3 is 10.0 Å². The summed E-state index contributed by atoms with van der Waals surface area (Å²) in [7, 11) is -2.02. The summed E-state index contributed by atoms with van der Waals surface area (Å²) in [5.41, 5.74) is 0.835. The smallest absolute Gasteiger partial charge is 0.423 e. The highest BCUT2D eigenvalue weighted by molar-refractivity contribution is 6.58. The average molecular weight is 262 g/mol. The van der Waals surface area contributed by atoms with E-state index in [9.17, 15) is 8.78 Å². The Morgan fingerprint density at radius 2 is 1.68 bits per heavy atom. The minimum absolute atomic E-state index is 0.171. The predicted molar refractivity (Wildman–Crippen MR) is 71.0 cm³/mol. The van der Waals surface area contributed by atoms with Gasteiger partial charge in [-0.15, -0.1) is 0 Å². The summed E-state index contributed by atoms with van der Waals surface area (Å²) in [5.74, 6) is -2.26. The van der Waals surface area contributed by atoms with E-state index in [0.29, 0.717) is 17.5 Å². The van der Waals surface area contributed by atoms with Crippen LogP contribution in [0.3, 0.4) is 0 Å². The van der Waals surface area contributed by atoms with Crippen molar-refractivity contribution in [3.05, 3.63) is 53.6 Å². The Morgan fingerprint density at radius 1 is 1.05 bits per heavy atom. The van der Waals surface area contributed by atoms with Crippen LogP contribution in [0.4, 0.5) is 8.78 Å². The van der Waals surface area contributed by atoms with Crippen molar-refractivity contribution in [3.63, 3.8) is 0 Å². The molecule has 0 spiro atoms. The van der Waals surface area contributed by atoms with Crippen LogP contribution in [0.25, 0.3) is 11.1 Å². The van der Waals surface area contributed by atoms with E-state index >= 15 is 0 Å². The zero-order chi connectivity index (χ0) is 14.0. The first-order valence-electron chi connectivity index (χ1n) is 5.98. The molecule has 0 saturated heterocycles. The fourth-order valence-corrected chi connectivity index (χ4v) is 2.08. The maximum atomic E-state index is 14.2. The predicted octanol–water partition coefficient (Wildman–Crippen LogP) is 1.87. The molecule has 2 N–H and O–H groups in total. The van der Waals surface area contributed by atoms with Crippen molar-refractivity contribution in [2.24, 2.45) is 0 Å². The molecule has 0 bridgehead atoms. The van der Waals surface area contributed by atoms with Gasteiger partial charge in [-0.25, -0.2) is 8.78 Å². The van der Waals surface area contributed by atoms with E-state index < -0.39 is 24.2 Å². The lowest BCUT2D eigenvalue weighted by Crippen LogP contribution is -2.34. The number of rotatable bonds is 3. The van der Waals surface area contributed by atoms with Crippen LogP contribution in [-0.2, 0) is 6.42 Å². The standard InChI is InChI=1S/C14H13BF2O2/c1-2-9-8-11(15(18)19)13(16)14(17)12(9)10-6-4-3-5-7-10/h3-8,18-19H,2H2,1H3. The highest BCUT2D eigenvalue weighted by Crippen LogP contribution is 2.28. The van der Waals surface area contributed by atoms with Gasteiger partial charge >= 0.3 is 7.12 Å². The van der Waals surface area contributed by atoms with Gasteiger partial charge in [0.25, 0.3) is 0 Å². The second-order valence-corrected chi connectivity index (χ2v) is 4.22. The van der Waals surface area contributed by atoms with Gasteiger partial charge in [0.05, 0.1) is 0 Å². The van der Waals surface area contributed by atoms with Crippen LogP contribution < -0.4 is 5.46 Å². The summed E-state index contributed by atoms with van der Waals surface area (Å²) >= 11 is 0. The van der Waals surface area contributed by atoms with Crippen molar-refractivity contribution in [1.82, 2.24) is 0 Å². The molecule has 19 heavy (non-hydrogen) atoms. The lowest BCUT2D eigenvalue weighted by atomic mass is 9.77. The molecule has 0 saturated carbocycles. The lowest BCUT2D eigenvalue weighted by Gasteiger charge is -2.13. The van der Waals surface area contributed by atoms with Gasteiger partial charge in [-0.2, -0.15) is 0 Å². The molecule has 0 amide bonds. The van der Waals surface area contributed by atoms with Crippen LogP contribution in [-0.4, -0.2) is 17.2 Å². The second-order valence-electron chi connectivity index (χ2n) is 4.22. The Labute approximate surface area is 110 Å². The molecule has 0 unspecified atom stereocenters. The maximum absolute atomic E-state index is 14.2. The van der Waals surface area contributed by atoms with Crippen LogP contribution >= 0.6 is 0 Å². The van der Waals surface area contributed by atoms with Gasteiger partial charge in [0.15, 0.2) is 11.6 Å². The largest absolute Gasteiger partial charge is 0.491 e. The Bertz CT molecular complexity index is 586. The first-order valence-corrected chi connectivity index (χ1v) is 5.98. The highest BCUT2D eigenvalue weighted by Gasteiger charge is 2.24. The monoisotopic (exact) mass is 262 g/mol. The normalized spacial score (nSPS) is 10.6.